The van der Waals surface area contributed by atoms with Crippen molar-refractivity contribution < 1.29 is 14.6 Å². The van der Waals surface area contributed by atoms with Crippen molar-refractivity contribution in [2.24, 2.45) is 0 Å². The molecule has 1 heterocycles. The number of methoxy groups -OCH3 is 1. The van der Waals surface area contributed by atoms with Gasteiger partial charge in [-0.1, -0.05) is 24.3 Å². The monoisotopic (exact) mass is 270 g/mol. The van der Waals surface area contributed by atoms with Gasteiger partial charge in [-0.2, -0.15) is 0 Å². The van der Waals surface area contributed by atoms with Crippen LogP contribution >= 0.6 is 0 Å². The lowest BCUT2D eigenvalue weighted by Crippen LogP contribution is -2.19. The molecule has 2 unspecified atom stereocenters. The Hall–Kier alpha value is -2.00. The molecule has 1 aliphatic rings. The van der Waals surface area contributed by atoms with Gasteiger partial charge in [-0.15, -0.1) is 0 Å². The van der Waals surface area contributed by atoms with Gasteiger partial charge in [0.05, 0.1) is 13.2 Å². The van der Waals surface area contributed by atoms with Crippen LogP contribution in [-0.2, 0) is 0 Å². The zero-order chi connectivity index (χ0) is 14.1. The number of ether oxygens (including phenoxy) is 2. The molecule has 2 aromatic carbocycles. The number of aliphatic hydroxyl groups is 1. The maximum atomic E-state index is 10.3. The van der Waals surface area contributed by atoms with Crippen molar-refractivity contribution in [3.63, 3.8) is 0 Å². The fraction of sp³-hybridized carbons (Fsp3) is 0.294. The van der Waals surface area contributed by atoms with Gasteiger partial charge in [-0.05, 0) is 36.2 Å². The number of rotatable bonds is 2. The smallest absolute Gasteiger partial charge is 0.127 e. The van der Waals surface area contributed by atoms with Gasteiger partial charge >= 0.3 is 0 Å². The Balaban J connectivity index is 1.91. The molecular formula is C17H18O3. The maximum absolute atomic E-state index is 10.3. The van der Waals surface area contributed by atoms with Crippen molar-refractivity contribution in [1.82, 2.24) is 0 Å². The molecule has 0 aliphatic carbocycles. The van der Waals surface area contributed by atoms with E-state index in [9.17, 15) is 5.11 Å². The van der Waals surface area contributed by atoms with Crippen LogP contribution in [0.15, 0.2) is 42.5 Å². The van der Waals surface area contributed by atoms with Crippen molar-refractivity contribution in [2.45, 2.75) is 25.6 Å². The summed E-state index contributed by atoms with van der Waals surface area (Å²) in [6, 6.07) is 13.7. The van der Waals surface area contributed by atoms with E-state index in [0.717, 1.165) is 28.2 Å². The zero-order valence-electron chi connectivity index (χ0n) is 11.7. The molecule has 2 aromatic rings. The van der Waals surface area contributed by atoms with Crippen LogP contribution in [0.4, 0.5) is 0 Å². The van der Waals surface area contributed by atoms with Crippen molar-refractivity contribution >= 4 is 0 Å². The predicted octanol–water partition coefficient (Wildman–Crippen LogP) is 3.56. The van der Waals surface area contributed by atoms with E-state index in [1.165, 1.54) is 0 Å². The summed E-state index contributed by atoms with van der Waals surface area (Å²) in [4.78, 5) is 0. The van der Waals surface area contributed by atoms with E-state index in [1.807, 2.05) is 43.3 Å². The summed E-state index contributed by atoms with van der Waals surface area (Å²) >= 11 is 0. The molecule has 0 radical (unpaired) electrons. The van der Waals surface area contributed by atoms with Crippen LogP contribution in [0.1, 0.15) is 35.3 Å². The summed E-state index contributed by atoms with van der Waals surface area (Å²) in [5.41, 5.74) is 3.01. The molecule has 0 saturated carbocycles. The van der Waals surface area contributed by atoms with Crippen molar-refractivity contribution in [3.05, 3.63) is 59.2 Å². The summed E-state index contributed by atoms with van der Waals surface area (Å²) < 4.78 is 11.3. The highest BCUT2D eigenvalue weighted by atomic mass is 16.5. The molecule has 3 heteroatoms. The molecule has 0 bridgehead atoms. The van der Waals surface area contributed by atoms with Gasteiger partial charge in [0.2, 0.25) is 0 Å². The van der Waals surface area contributed by atoms with Crippen molar-refractivity contribution in [3.8, 4) is 11.5 Å². The van der Waals surface area contributed by atoms with E-state index in [4.69, 9.17) is 9.47 Å². The third-order valence-electron chi connectivity index (χ3n) is 3.78. The van der Waals surface area contributed by atoms with Crippen LogP contribution in [0.3, 0.4) is 0 Å². The third-order valence-corrected chi connectivity index (χ3v) is 3.78. The molecular weight excluding hydrogens is 252 g/mol. The number of benzene rings is 2. The molecule has 1 aliphatic heterocycles. The van der Waals surface area contributed by atoms with Gasteiger partial charge < -0.3 is 14.6 Å². The van der Waals surface area contributed by atoms with Crippen LogP contribution in [0, 0.1) is 6.92 Å². The average Bonchev–Trinajstić information content (AvgIpc) is 2.47. The van der Waals surface area contributed by atoms with Crippen LogP contribution in [-0.4, -0.2) is 12.2 Å². The molecule has 104 valence electrons. The highest BCUT2D eigenvalue weighted by Crippen LogP contribution is 2.41. The second-order valence-corrected chi connectivity index (χ2v) is 5.12. The summed E-state index contributed by atoms with van der Waals surface area (Å²) in [5, 5.41) is 10.3. The largest absolute Gasteiger partial charge is 0.496 e. The lowest BCUT2D eigenvalue weighted by molar-refractivity contribution is 0.0657. The summed E-state index contributed by atoms with van der Waals surface area (Å²) in [5.74, 6) is 1.63. The molecule has 20 heavy (non-hydrogen) atoms. The Kier molecular flexibility index (Phi) is 3.36. The van der Waals surface area contributed by atoms with Gasteiger partial charge in [-0.3, -0.25) is 0 Å². The number of aryl methyl sites for hydroxylation is 1. The molecule has 0 fully saturated rings. The van der Waals surface area contributed by atoms with Crippen molar-refractivity contribution in [2.75, 3.05) is 7.11 Å². The average molecular weight is 270 g/mol. The minimum absolute atomic E-state index is 0.121. The van der Waals surface area contributed by atoms with Crippen LogP contribution in [0.25, 0.3) is 0 Å². The highest BCUT2D eigenvalue weighted by molar-refractivity contribution is 5.41. The molecule has 2 atom stereocenters. The Bertz CT molecular complexity index is 621. The SMILES string of the molecule is COc1ccc(C2CC(O)c3ccccc3O2)cc1C. The van der Waals surface area contributed by atoms with E-state index >= 15 is 0 Å². The molecule has 0 saturated heterocycles. The zero-order valence-corrected chi connectivity index (χ0v) is 11.7. The van der Waals surface area contributed by atoms with E-state index in [0.29, 0.717) is 6.42 Å². The Morgan fingerprint density at radius 2 is 2.00 bits per heavy atom. The maximum Gasteiger partial charge on any atom is 0.127 e. The number of hydrogen-bond donors (Lipinski definition) is 1. The van der Waals surface area contributed by atoms with Crippen LogP contribution in [0.5, 0.6) is 11.5 Å². The van der Waals surface area contributed by atoms with Gasteiger partial charge in [0.15, 0.2) is 0 Å². The Morgan fingerprint density at radius 1 is 1.20 bits per heavy atom. The predicted molar refractivity (Wildman–Crippen MR) is 77.1 cm³/mol. The van der Waals surface area contributed by atoms with E-state index in [-0.39, 0.29) is 6.10 Å². The number of aliphatic hydroxyl groups excluding tert-OH is 1. The standard InChI is InChI=1S/C17H18O3/c1-11-9-12(7-8-15(11)19-2)17-10-14(18)13-5-3-4-6-16(13)20-17/h3-9,14,17-18H,10H2,1-2H3. The van der Waals surface area contributed by atoms with E-state index < -0.39 is 6.10 Å². The van der Waals surface area contributed by atoms with E-state index in [2.05, 4.69) is 6.07 Å². The molecule has 0 spiro atoms. The van der Waals surface area contributed by atoms with Crippen molar-refractivity contribution in [1.29, 1.82) is 0 Å². The molecule has 0 amide bonds. The first-order valence-electron chi connectivity index (χ1n) is 6.77. The first-order chi connectivity index (χ1) is 9.69. The first-order valence-corrected chi connectivity index (χ1v) is 6.77. The summed E-state index contributed by atoms with van der Waals surface area (Å²) in [6.45, 7) is 2.01. The highest BCUT2D eigenvalue weighted by Gasteiger charge is 2.27. The van der Waals surface area contributed by atoms with Gasteiger partial charge in [0.1, 0.15) is 17.6 Å². The lowest BCUT2D eigenvalue weighted by atomic mass is 9.94. The van der Waals surface area contributed by atoms with Gasteiger partial charge in [0, 0.05) is 12.0 Å². The van der Waals surface area contributed by atoms with Gasteiger partial charge in [0.25, 0.3) is 0 Å². The normalized spacial score (nSPS) is 20.9. The summed E-state index contributed by atoms with van der Waals surface area (Å²) in [7, 11) is 1.67. The number of hydrogen-bond acceptors (Lipinski definition) is 3. The second-order valence-electron chi connectivity index (χ2n) is 5.12. The van der Waals surface area contributed by atoms with E-state index in [1.54, 1.807) is 7.11 Å². The lowest BCUT2D eigenvalue weighted by Gasteiger charge is -2.30. The Morgan fingerprint density at radius 3 is 2.75 bits per heavy atom. The number of para-hydroxylation sites is 1. The molecule has 3 rings (SSSR count). The minimum atomic E-state index is -0.479. The van der Waals surface area contributed by atoms with Crippen LogP contribution < -0.4 is 9.47 Å². The number of fused-ring (bicyclic) bond motifs is 1. The minimum Gasteiger partial charge on any atom is -0.496 e. The third kappa shape index (κ3) is 2.25. The molecule has 3 nitrogen and oxygen atoms in total. The second kappa shape index (κ2) is 5.17. The van der Waals surface area contributed by atoms with Gasteiger partial charge in [-0.25, -0.2) is 0 Å². The quantitative estimate of drug-likeness (QED) is 0.906. The summed E-state index contributed by atoms with van der Waals surface area (Å²) in [6.07, 6.45) is -0.0279. The van der Waals surface area contributed by atoms with Crippen LogP contribution in [0.2, 0.25) is 0 Å². The fourth-order valence-electron chi connectivity index (χ4n) is 2.70. The molecule has 0 aromatic heterocycles. The topological polar surface area (TPSA) is 38.7 Å². The molecule has 1 N–H and O–H groups in total. The fourth-order valence-corrected chi connectivity index (χ4v) is 2.70. The first kappa shape index (κ1) is 13.0. The Labute approximate surface area is 118 Å².